The van der Waals surface area contributed by atoms with E-state index in [1.54, 1.807) is 0 Å². The van der Waals surface area contributed by atoms with Gasteiger partial charge in [-0.05, 0) is 82.5 Å². The van der Waals surface area contributed by atoms with E-state index in [9.17, 15) is 4.39 Å². The van der Waals surface area contributed by atoms with Gasteiger partial charge in [0.2, 0.25) is 5.95 Å². The molecule has 0 atom stereocenters. The average Bonchev–Trinajstić information content (AvgIpc) is 2.77. The molecule has 0 radical (unpaired) electrons. The first-order valence-electron chi connectivity index (χ1n) is 11.7. The van der Waals surface area contributed by atoms with Crippen LogP contribution in [0.15, 0.2) is 30.6 Å². The quantitative estimate of drug-likeness (QED) is 0.720. The molecular weight excluding hydrogens is 389 g/mol. The maximum absolute atomic E-state index is 13.0. The maximum atomic E-state index is 13.0. The lowest BCUT2D eigenvalue weighted by atomic mass is 9.76. The summed E-state index contributed by atoms with van der Waals surface area (Å²) in [7, 11) is 0. The lowest BCUT2D eigenvalue weighted by Gasteiger charge is -2.40. The number of nitrogens with zero attached hydrogens (tertiary/aromatic N) is 4. The number of aryl methyl sites for hydroxylation is 1. The van der Waals surface area contributed by atoms with E-state index in [2.05, 4.69) is 64.1 Å². The van der Waals surface area contributed by atoms with Gasteiger partial charge in [0.25, 0.3) is 0 Å². The Kier molecular flexibility index (Phi) is 6.75. The van der Waals surface area contributed by atoms with Crippen molar-refractivity contribution in [2.45, 2.75) is 58.4 Å². The molecule has 4 rings (SSSR count). The van der Waals surface area contributed by atoms with Crippen molar-refractivity contribution in [3.63, 3.8) is 0 Å². The van der Waals surface area contributed by atoms with Crippen molar-refractivity contribution in [3.8, 4) is 0 Å². The molecule has 1 aliphatic carbocycles. The minimum Gasteiger partial charge on any atom is -0.369 e. The van der Waals surface area contributed by atoms with Crippen molar-refractivity contribution in [3.05, 3.63) is 47.5 Å². The van der Waals surface area contributed by atoms with E-state index in [1.165, 1.54) is 55.0 Å². The van der Waals surface area contributed by atoms with Gasteiger partial charge in [0, 0.05) is 37.4 Å². The van der Waals surface area contributed by atoms with Crippen LogP contribution < -0.4 is 10.2 Å². The van der Waals surface area contributed by atoms with Crippen molar-refractivity contribution in [1.82, 2.24) is 14.9 Å². The Hall–Kier alpha value is -2.21. The Morgan fingerprint density at radius 2 is 1.74 bits per heavy atom. The Bertz CT molecular complexity index is 853. The highest BCUT2D eigenvalue weighted by Crippen LogP contribution is 2.35. The highest BCUT2D eigenvalue weighted by Gasteiger charge is 2.32. The predicted molar refractivity (Wildman–Crippen MR) is 125 cm³/mol. The van der Waals surface area contributed by atoms with Crippen LogP contribution in [0.1, 0.15) is 50.2 Å². The molecule has 168 valence electrons. The molecule has 1 saturated heterocycles. The van der Waals surface area contributed by atoms with Crippen LogP contribution in [0.3, 0.4) is 0 Å². The first-order chi connectivity index (χ1) is 14.9. The summed E-state index contributed by atoms with van der Waals surface area (Å²) < 4.78 is 13.0. The molecule has 31 heavy (non-hydrogen) atoms. The van der Waals surface area contributed by atoms with Gasteiger partial charge < -0.3 is 10.2 Å². The van der Waals surface area contributed by atoms with Gasteiger partial charge in [-0.3, -0.25) is 4.90 Å². The van der Waals surface area contributed by atoms with E-state index in [4.69, 9.17) is 0 Å². The van der Waals surface area contributed by atoms with Gasteiger partial charge in [0.05, 0.1) is 12.4 Å². The Morgan fingerprint density at radius 1 is 1.06 bits per heavy atom. The summed E-state index contributed by atoms with van der Waals surface area (Å²) in [4.78, 5) is 13.3. The second kappa shape index (κ2) is 9.51. The zero-order chi connectivity index (χ0) is 21.8. The van der Waals surface area contributed by atoms with E-state index >= 15 is 0 Å². The molecule has 5 nitrogen and oxygen atoms in total. The number of aromatic nitrogens is 2. The molecule has 1 aromatic heterocycles. The fourth-order valence-corrected chi connectivity index (χ4v) is 5.03. The summed E-state index contributed by atoms with van der Waals surface area (Å²) in [5.74, 6) is 0.930. The lowest BCUT2D eigenvalue weighted by Crippen LogP contribution is -2.47. The predicted octanol–water partition coefficient (Wildman–Crippen LogP) is 4.81. The van der Waals surface area contributed by atoms with Crippen LogP contribution in [-0.4, -0.2) is 53.1 Å². The molecule has 2 heterocycles. The summed E-state index contributed by atoms with van der Waals surface area (Å²) in [6, 6.07) is 6.65. The molecule has 2 fully saturated rings. The third-order valence-corrected chi connectivity index (χ3v) is 7.39. The highest BCUT2D eigenvalue weighted by molar-refractivity contribution is 5.56. The summed E-state index contributed by atoms with van der Waals surface area (Å²) in [6.45, 7) is 12.4. The molecule has 0 unspecified atom stereocenters. The third kappa shape index (κ3) is 5.53. The average molecular weight is 426 g/mol. The van der Waals surface area contributed by atoms with Gasteiger partial charge in [0.15, 0.2) is 5.82 Å². The normalized spacial score (nSPS) is 24.9. The van der Waals surface area contributed by atoms with Gasteiger partial charge >= 0.3 is 0 Å². The fraction of sp³-hybridized carbons (Fsp3) is 0.600. The molecule has 0 bridgehead atoms. The second-order valence-electron chi connectivity index (χ2n) is 9.69. The number of rotatable bonds is 6. The van der Waals surface area contributed by atoms with E-state index in [0.29, 0.717) is 5.95 Å². The maximum Gasteiger partial charge on any atom is 0.223 e. The van der Waals surface area contributed by atoms with Crippen molar-refractivity contribution in [2.75, 3.05) is 42.9 Å². The molecule has 1 aliphatic heterocycles. The third-order valence-electron chi connectivity index (χ3n) is 7.39. The lowest BCUT2D eigenvalue weighted by molar-refractivity contribution is 0.202. The number of hydrogen-bond donors (Lipinski definition) is 1. The van der Waals surface area contributed by atoms with Gasteiger partial charge in [-0.2, -0.15) is 0 Å². The number of anilines is 2. The number of piperazine rings is 1. The molecule has 1 saturated carbocycles. The zero-order valence-electron chi connectivity index (χ0n) is 19.2. The van der Waals surface area contributed by atoms with Crippen LogP contribution >= 0.6 is 0 Å². The van der Waals surface area contributed by atoms with Crippen molar-refractivity contribution < 1.29 is 4.39 Å². The topological polar surface area (TPSA) is 44.3 Å². The van der Waals surface area contributed by atoms with Crippen molar-refractivity contribution in [2.24, 2.45) is 5.92 Å². The summed E-state index contributed by atoms with van der Waals surface area (Å²) in [6.07, 6.45) is 8.42. The van der Waals surface area contributed by atoms with Crippen LogP contribution in [0.5, 0.6) is 0 Å². The molecule has 1 N–H and O–H groups in total. The standard InChI is InChI=1S/C25H36FN5/c1-19-5-4-6-23(20(19)2)31-15-13-30(14-16-31)12-9-21-7-10-25(3,11-8-21)29-24-27-17-22(26)18-28-24/h4-6,17-18,21H,7-16H2,1-3H3,(H,27,28,29). The number of hydrogen-bond acceptors (Lipinski definition) is 5. The summed E-state index contributed by atoms with van der Waals surface area (Å²) >= 11 is 0. The smallest absolute Gasteiger partial charge is 0.223 e. The first kappa shape index (κ1) is 22.0. The summed E-state index contributed by atoms with van der Waals surface area (Å²) in [5.41, 5.74) is 4.21. The van der Waals surface area contributed by atoms with Crippen LogP contribution in [0, 0.1) is 25.6 Å². The molecule has 2 aromatic rings. The summed E-state index contributed by atoms with van der Waals surface area (Å²) in [5, 5.41) is 3.43. The first-order valence-corrected chi connectivity index (χ1v) is 11.7. The van der Waals surface area contributed by atoms with Crippen LogP contribution in [0.25, 0.3) is 0 Å². The van der Waals surface area contributed by atoms with Gasteiger partial charge in [-0.1, -0.05) is 12.1 Å². The SMILES string of the molecule is Cc1cccc(N2CCN(CCC3CCC(C)(Nc4ncc(F)cn4)CC3)CC2)c1C. The Morgan fingerprint density at radius 3 is 2.42 bits per heavy atom. The van der Waals surface area contributed by atoms with Crippen molar-refractivity contribution >= 4 is 11.6 Å². The Labute approximate surface area is 186 Å². The van der Waals surface area contributed by atoms with E-state index in [0.717, 1.165) is 44.9 Å². The van der Waals surface area contributed by atoms with Crippen molar-refractivity contribution in [1.29, 1.82) is 0 Å². The number of benzene rings is 1. The van der Waals surface area contributed by atoms with E-state index in [-0.39, 0.29) is 5.54 Å². The van der Waals surface area contributed by atoms with E-state index in [1.807, 2.05) is 0 Å². The second-order valence-corrected chi connectivity index (χ2v) is 9.69. The molecule has 1 aromatic carbocycles. The number of nitrogens with one attached hydrogen (secondary N) is 1. The molecule has 6 heteroatoms. The minimum absolute atomic E-state index is 0.00559. The van der Waals surface area contributed by atoms with Crippen LogP contribution in [0.4, 0.5) is 16.0 Å². The molecule has 0 amide bonds. The van der Waals surface area contributed by atoms with Crippen LogP contribution in [-0.2, 0) is 0 Å². The van der Waals surface area contributed by atoms with Gasteiger partial charge in [0.1, 0.15) is 0 Å². The molecule has 2 aliphatic rings. The molecular formula is C25H36FN5. The highest BCUT2D eigenvalue weighted by atomic mass is 19.1. The van der Waals surface area contributed by atoms with Gasteiger partial charge in [-0.15, -0.1) is 0 Å². The fourth-order valence-electron chi connectivity index (χ4n) is 5.03. The minimum atomic E-state index is -0.394. The molecule has 0 spiro atoms. The Balaban J connectivity index is 1.19. The number of halogens is 1. The monoisotopic (exact) mass is 425 g/mol. The van der Waals surface area contributed by atoms with E-state index < -0.39 is 5.82 Å². The largest absolute Gasteiger partial charge is 0.369 e. The zero-order valence-corrected chi connectivity index (χ0v) is 19.2. The van der Waals surface area contributed by atoms with Crippen LogP contribution in [0.2, 0.25) is 0 Å². The van der Waals surface area contributed by atoms with Gasteiger partial charge in [-0.25, -0.2) is 14.4 Å².